The van der Waals surface area contributed by atoms with Crippen molar-refractivity contribution in [2.24, 2.45) is 5.92 Å². The summed E-state index contributed by atoms with van der Waals surface area (Å²) < 4.78 is 5.20. The molecule has 0 spiro atoms. The molecule has 23 heavy (non-hydrogen) atoms. The van der Waals surface area contributed by atoms with Crippen LogP contribution in [0.4, 0.5) is 6.01 Å². The van der Waals surface area contributed by atoms with Crippen molar-refractivity contribution >= 4 is 17.8 Å². The smallest absolute Gasteiger partial charge is 0.302 e. The molecule has 6 nitrogen and oxygen atoms in total. The Bertz CT molecular complexity index is 764. The lowest BCUT2D eigenvalue weighted by Gasteiger charge is -2.28. The zero-order valence-electron chi connectivity index (χ0n) is 12.6. The first-order chi connectivity index (χ1) is 11.2. The minimum absolute atomic E-state index is 0.0691. The second-order valence-corrected chi connectivity index (χ2v) is 6.05. The summed E-state index contributed by atoms with van der Waals surface area (Å²) in [5, 5.41) is 2.61. The van der Waals surface area contributed by atoms with E-state index in [0.717, 1.165) is 24.8 Å². The Morgan fingerprint density at radius 2 is 2.00 bits per heavy atom. The van der Waals surface area contributed by atoms with Crippen molar-refractivity contribution in [3.05, 3.63) is 47.3 Å². The van der Waals surface area contributed by atoms with Gasteiger partial charge in [-0.15, -0.1) is 0 Å². The van der Waals surface area contributed by atoms with Crippen molar-refractivity contribution in [1.82, 2.24) is 9.88 Å². The van der Waals surface area contributed by atoms with E-state index in [-0.39, 0.29) is 29.4 Å². The standard InChI is InChI=1S/C17H17N3O3/c21-15(12-5-6-12)19-17-18-14(10-23-17)16(22)20-8-7-11-3-1-2-4-13(11)9-20/h1-4,10,12H,5-9H2,(H,18,19,21). The number of oxazole rings is 1. The molecule has 0 saturated heterocycles. The molecule has 4 rings (SSSR count). The van der Waals surface area contributed by atoms with Gasteiger partial charge in [0.25, 0.3) is 5.91 Å². The number of nitrogens with one attached hydrogen (secondary N) is 1. The van der Waals surface area contributed by atoms with Gasteiger partial charge in [0.1, 0.15) is 6.26 Å². The van der Waals surface area contributed by atoms with Gasteiger partial charge >= 0.3 is 6.01 Å². The predicted molar refractivity (Wildman–Crippen MR) is 82.7 cm³/mol. The number of fused-ring (bicyclic) bond motifs is 1. The summed E-state index contributed by atoms with van der Waals surface area (Å²) in [6.07, 6.45) is 3.97. The van der Waals surface area contributed by atoms with Gasteiger partial charge in [-0.25, -0.2) is 0 Å². The lowest BCUT2D eigenvalue weighted by atomic mass is 10.00. The summed E-state index contributed by atoms with van der Waals surface area (Å²) >= 11 is 0. The summed E-state index contributed by atoms with van der Waals surface area (Å²) in [5.41, 5.74) is 2.68. The van der Waals surface area contributed by atoms with Gasteiger partial charge in [-0.3, -0.25) is 14.9 Å². The van der Waals surface area contributed by atoms with E-state index < -0.39 is 0 Å². The Balaban J connectivity index is 1.45. The summed E-state index contributed by atoms with van der Waals surface area (Å²) in [5.74, 6) is -0.187. The molecule has 2 amide bonds. The number of carbonyl (C=O) groups is 2. The zero-order valence-corrected chi connectivity index (χ0v) is 12.6. The van der Waals surface area contributed by atoms with Crippen LogP contribution in [0.25, 0.3) is 0 Å². The van der Waals surface area contributed by atoms with E-state index in [1.807, 2.05) is 18.2 Å². The molecule has 2 heterocycles. The van der Waals surface area contributed by atoms with Gasteiger partial charge < -0.3 is 9.32 Å². The zero-order chi connectivity index (χ0) is 15.8. The molecular formula is C17H17N3O3. The van der Waals surface area contributed by atoms with Crippen LogP contribution in [0.1, 0.15) is 34.5 Å². The first-order valence-corrected chi connectivity index (χ1v) is 7.83. The van der Waals surface area contributed by atoms with Crippen LogP contribution in [0.15, 0.2) is 34.9 Å². The minimum Gasteiger partial charge on any atom is -0.431 e. The molecule has 0 bridgehead atoms. The number of aromatic nitrogens is 1. The van der Waals surface area contributed by atoms with Gasteiger partial charge in [0.15, 0.2) is 5.69 Å². The third kappa shape index (κ3) is 2.84. The molecule has 1 aromatic heterocycles. The van der Waals surface area contributed by atoms with E-state index in [1.165, 1.54) is 11.8 Å². The summed E-state index contributed by atoms with van der Waals surface area (Å²) in [4.78, 5) is 30.1. The lowest BCUT2D eigenvalue weighted by molar-refractivity contribution is -0.117. The molecule has 1 N–H and O–H groups in total. The second-order valence-electron chi connectivity index (χ2n) is 6.05. The molecule has 1 saturated carbocycles. The van der Waals surface area contributed by atoms with Crippen LogP contribution in [-0.2, 0) is 17.8 Å². The van der Waals surface area contributed by atoms with Crippen molar-refractivity contribution in [1.29, 1.82) is 0 Å². The monoisotopic (exact) mass is 311 g/mol. The molecular weight excluding hydrogens is 294 g/mol. The van der Waals surface area contributed by atoms with Crippen molar-refractivity contribution in [3.8, 4) is 0 Å². The largest absolute Gasteiger partial charge is 0.431 e. The first kappa shape index (κ1) is 14.0. The van der Waals surface area contributed by atoms with Crippen molar-refractivity contribution < 1.29 is 14.0 Å². The minimum atomic E-state index is -0.171. The van der Waals surface area contributed by atoms with E-state index in [9.17, 15) is 9.59 Å². The van der Waals surface area contributed by atoms with Crippen LogP contribution in [0, 0.1) is 5.92 Å². The number of carbonyl (C=O) groups excluding carboxylic acids is 2. The quantitative estimate of drug-likeness (QED) is 0.943. The number of rotatable bonds is 3. The summed E-state index contributed by atoms with van der Waals surface area (Å²) in [6.45, 7) is 1.23. The summed E-state index contributed by atoms with van der Waals surface area (Å²) in [6, 6.07) is 8.23. The van der Waals surface area contributed by atoms with Crippen LogP contribution < -0.4 is 5.32 Å². The number of hydrogen-bond donors (Lipinski definition) is 1. The molecule has 0 radical (unpaired) electrons. The average molecular weight is 311 g/mol. The number of hydrogen-bond acceptors (Lipinski definition) is 4. The van der Waals surface area contributed by atoms with Crippen molar-refractivity contribution in [2.45, 2.75) is 25.8 Å². The van der Waals surface area contributed by atoms with Gasteiger partial charge in [0.2, 0.25) is 5.91 Å². The Morgan fingerprint density at radius 1 is 1.22 bits per heavy atom. The van der Waals surface area contributed by atoms with Crippen molar-refractivity contribution in [3.63, 3.8) is 0 Å². The second kappa shape index (κ2) is 5.53. The Hall–Kier alpha value is -2.63. The molecule has 0 unspecified atom stereocenters. The first-order valence-electron chi connectivity index (χ1n) is 7.83. The highest BCUT2D eigenvalue weighted by molar-refractivity contribution is 5.94. The molecule has 6 heteroatoms. The van der Waals surface area contributed by atoms with E-state index >= 15 is 0 Å². The van der Waals surface area contributed by atoms with Crippen LogP contribution >= 0.6 is 0 Å². The molecule has 1 aliphatic carbocycles. The predicted octanol–water partition coefficient (Wildman–Crippen LogP) is 2.22. The Morgan fingerprint density at radius 3 is 2.78 bits per heavy atom. The molecule has 1 aliphatic heterocycles. The highest BCUT2D eigenvalue weighted by Crippen LogP contribution is 2.30. The van der Waals surface area contributed by atoms with E-state index in [1.54, 1.807) is 4.90 Å². The maximum atomic E-state index is 12.5. The molecule has 2 aromatic rings. The number of amides is 2. The van der Waals surface area contributed by atoms with Crippen LogP contribution in [0.5, 0.6) is 0 Å². The Kier molecular flexibility index (Phi) is 3.37. The van der Waals surface area contributed by atoms with E-state index in [4.69, 9.17) is 4.42 Å². The topological polar surface area (TPSA) is 75.4 Å². The van der Waals surface area contributed by atoms with E-state index in [2.05, 4.69) is 16.4 Å². The molecule has 1 aromatic carbocycles. The normalized spacial score (nSPS) is 16.8. The maximum absolute atomic E-state index is 12.5. The highest BCUT2D eigenvalue weighted by Gasteiger charge is 2.31. The van der Waals surface area contributed by atoms with Gasteiger partial charge in [0.05, 0.1) is 0 Å². The van der Waals surface area contributed by atoms with Gasteiger partial charge in [0, 0.05) is 19.0 Å². The van der Waals surface area contributed by atoms with E-state index in [0.29, 0.717) is 13.1 Å². The van der Waals surface area contributed by atoms with Crippen LogP contribution in [0.3, 0.4) is 0 Å². The average Bonchev–Trinajstić information content (AvgIpc) is 3.34. The fourth-order valence-corrected chi connectivity index (χ4v) is 2.81. The van der Waals surface area contributed by atoms with Gasteiger partial charge in [-0.2, -0.15) is 4.98 Å². The Labute approximate surface area is 133 Å². The summed E-state index contributed by atoms with van der Waals surface area (Å²) in [7, 11) is 0. The van der Waals surface area contributed by atoms with Gasteiger partial charge in [-0.05, 0) is 30.4 Å². The fraction of sp³-hybridized carbons (Fsp3) is 0.353. The van der Waals surface area contributed by atoms with Crippen molar-refractivity contribution in [2.75, 3.05) is 11.9 Å². The number of benzene rings is 1. The van der Waals surface area contributed by atoms with Gasteiger partial charge in [-0.1, -0.05) is 24.3 Å². The lowest BCUT2D eigenvalue weighted by Crippen LogP contribution is -2.36. The molecule has 2 aliphatic rings. The fourth-order valence-electron chi connectivity index (χ4n) is 2.81. The third-order valence-electron chi connectivity index (χ3n) is 4.32. The molecule has 1 fully saturated rings. The molecule has 0 atom stereocenters. The molecule has 118 valence electrons. The SMILES string of the molecule is O=C(Nc1nc(C(=O)N2CCc3ccccc3C2)co1)C1CC1. The maximum Gasteiger partial charge on any atom is 0.302 e. The number of nitrogens with zero attached hydrogens (tertiary/aromatic N) is 2. The van der Waals surface area contributed by atoms with Crippen LogP contribution in [-0.4, -0.2) is 28.2 Å². The highest BCUT2D eigenvalue weighted by atomic mass is 16.4. The van der Waals surface area contributed by atoms with Crippen LogP contribution in [0.2, 0.25) is 0 Å². The third-order valence-corrected chi connectivity index (χ3v) is 4.32. The number of anilines is 1.